The number of halogens is 3. The average Bonchev–Trinajstić information content (AvgIpc) is 3.39. The van der Waals surface area contributed by atoms with Crippen LogP contribution in [-0.2, 0) is 11.3 Å². The van der Waals surface area contributed by atoms with Crippen LogP contribution in [0.3, 0.4) is 0 Å². The molecule has 1 aliphatic heterocycles. The van der Waals surface area contributed by atoms with Crippen molar-refractivity contribution in [3.8, 4) is 32.7 Å². The number of thiophene rings is 1. The molecule has 250 valence electrons. The minimum absolute atomic E-state index is 0.0330. The van der Waals surface area contributed by atoms with Crippen LogP contribution in [0.1, 0.15) is 44.8 Å². The van der Waals surface area contributed by atoms with Crippen LogP contribution < -0.4 is 11.1 Å². The smallest absolute Gasteiger partial charge is 0.253 e. The fraction of sp³-hybridized carbons (Fsp3) is 0.205. The molecule has 2 amide bonds. The van der Waals surface area contributed by atoms with Gasteiger partial charge in [-0.1, -0.05) is 36.4 Å². The normalized spacial score (nSPS) is 14.3. The molecule has 2 aromatic heterocycles. The standard InChI is InChI=1S/C39H35F3N4O2S/c1-24-25(2)37(49-34(24)23-45-36(47)16-4-26-3-15-35(43)44-22-26)32-14-11-30(21-33(32)28-9-12-31(40)13-10-28)27-5-7-29(8-6-27)38(48)46-19-17-39(41,42)18-20-46/h3-16,21-22H,17-20,23H2,1-2H3,(H2,43,44)(H,45,47). The zero-order chi connectivity index (χ0) is 34.7. The quantitative estimate of drug-likeness (QED) is 0.161. The molecule has 5 aromatic rings. The second kappa shape index (κ2) is 14.1. The molecule has 1 fully saturated rings. The van der Waals surface area contributed by atoms with Crippen molar-refractivity contribution in [3.63, 3.8) is 0 Å². The first kappa shape index (κ1) is 33.7. The topological polar surface area (TPSA) is 88.3 Å². The predicted octanol–water partition coefficient (Wildman–Crippen LogP) is 8.68. The zero-order valence-corrected chi connectivity index (χ0v) is 27.9. The summed E-state index contributed by atoms with van der Waals surface area (Å²) in [6.07, 6.45) is 4.10. The third-order valence-corrected chi connectivity index (χ3v) is 10.3. The van der Waals surface area contributed by atoms with Crippen molar-refractivity contribution in [1.29, 1.82) is 0 Å². The number of hydrogen-bond acceptors (Lipinski definition) is 5. The number of pyridine rings is 1. The van der Waals surface area contributed by atoms with E-state index >= 15 is 0 Å². The van der Waals surface area contributed by atoms with E-state index < -0.39 is 5.92 Å². The lowest BCUT2D eigenvalue weighted by molar-refractivity contribution is -0.116. The van der Waals surface area contributed by atoms with Crippen molar-refractivity contribution < 1.29 is 22.8 Å². The lowest BCUT2D eigenvalue weighted by Crippen LogP contribution is -2.42. The van der Waals surface area contributed by atoms with E-state index in [0.29, 0.717) is 17.9 Å². The molecule has 0 bridgehead atoms. The summed E-state index contributed by atoms with van der Waals surface area (Å²) in [5, 5.41) is 2.97. The molecule has 0 aliphatic carbocycles. The molecule has 6 rings (SSSR count). The second-order valence-electron chi connectivity index (χ2n) is 12.2. The molecule has 3 aromatic carbocycles. The maximum absolute atomic E-state index is 14.0. The molecule has 3 N–H and O–H groups in total. The number of carbonyl (C=O) groups excluding carboxylic acids is 2. The first-order valence-electron chi connectivity index (χ1n) is 15.9. The van der Waals surface area contributed by atoms with E-state index in [9.17, 15) is 22.8 Å². The fourth-order valence-electron chi connectivity index (χ4n) is 5.81. The molecular weight excluding hydrogens is 646 g/mol. The summed E-state index contributed by atoms with van der Waals surface area (Å²) in [5.74, 6) is -3.13. The highest BCUT2D eigenvalue weighted by Crippen LogP contribution is 2.42. The molecule has 10 heteroatoms. The molecule has 3 heterocycles. The van der Waals surface area contributed by atoms with Crippen LogP contribution in [0.4, 0.5) is 19.0 Å². The van der Waals surface area contributed by atoms with E-state index in [0.717, 1.165) is 54.3 Å². The summed E-state index contributed by atoms with van der Waals surface area (Å²) in [5.41, 5.74) is 13.5. The summed E-state index contributed by atoms with van der Waals surface area (Å²) >= 11 is 1.60. The molecule has 0 radical (unpaired) electrons. The Morgan fingerprint density at radius 1 is 0.898 bits per heavy atom. The average molecular weight is 681 g/mol. The zero-order valence-electron chi connectivity index (χ0n) is 27.1. The van der Waals surface area contributed by atoms with Gasteiger partial charge in [0.15, 0.2) is 0 Å². The Kier molecular flexibility index (Phi) is 9.69. The minimum Gasteiger partial charge on any atom is -0.384 e. The SMILES string of the molecule is Cc1c(CNC(=O)C=Cc2ccc(N)nc2)sc(-c2ccc(-c3ccc(C(=O)N4CCC(F)(F)CC4)cc3)cc2-c2ccc(F)cc2)c1C. The molecule has 49 heavy (non-hydrogen) atoms. The van der Waals surface area contributed by atoms with E-state index in [2.05, 4.69) is 23.3 Å². The highest BCUT2D eigenvalue weighted by molar-refractivity contribution is 7.16. The highest BCUT2D eigenvalue weighted by Gasteiger charge is 2.35. The van der Waals surface area contributed by atoms with Crippen molar-refractivity contribution in [1.82, 2.24) is 15.2 Å². The number of nitrogens with one attached hydrogen (secondary N) is 1. The van der Waals surface area contributed by atoms with Gasteiger partial charge in [-0.05, 0) is 107 Å². The van der Waals surface area contributed by atoms with Gasteiger partial charge in [-0.25, -0.2) is 18.2 Å². The Morgan fingerprint density at radius 2 is 1.57 bits per heavy atom. The summed E-state index contributed by atoms with van der Waals surface area (Å²) in [7, 11) is 0. The molecule has 0 atom stereocenters. The number of aromatic nitrogens is 1. The number of nitrogens with zero attached hydrogens (tertiary/aromatic N) is 2. The number of piperidine rings is 1. The summed E-state index contributed by atoms with van der Waals surface area (Å²) < 4.78 is 41.2. The number of benzene rings is 3. The minimum atomic E-state index is -2.72. The van der Waals surface area contributed by atoms with E-state index in [1.165, 1.54) is 23.1 Å². The van der Waals surface area contributed by atoms with Crippen LogP contribution in [0.15, 0.2) is 91.1 Å². The van der Waals surface area contributed by atoms with Gasteiger partial charge in [0, 0.05) is 53.5 Å². The number of alkyl halides is 2. The van der Waals surface area contributed by atoms with E-state index in [1.54, 1.807) is 60.0 Å². The van der Waals surface area contributed by atoms with Gasteiger partial charge in [0.05, 0.1) is 6.54 Å². The first-order chi connectivity index (χ1) is 23.5. The molecule has 1 saturated heterocycles. The second-order valence-corrected chi connectivity index (χ2v) is 13.3. The Morgan fingerprint density at radius 3 is 2.24 bits per heavy atom. The number of hydrogen-bond donors (Lipinski definition) is 2. The molecule has 0 unspecified atom stereocenters. The lowest BCUT2D eigenvalue weighted by atomic mass is 9.92. The maximum atomic E-state index is 14.0. The summed E-state index contributed by atoms with van der Waals surface area (Å²) in [6, 6.07) is 23.1. The largest absolute Gasteiger partial charge is 0.384 e. The van der Waals surface area contributed by atoms with Gasteiger partial charge < -0.3 is 16.0 Å². The van der Waals surface area contributed by atoms with Crippen molar-refractivity contribution in [2.24, 2.45) is 0 Å². The number of carbonyl (C=O) groups is 2. The number of likely N-dealkylation sites (tertiary alicyclic amines) is 1. The van der Waals surface area contributed by atoms with Crippen LogP contribution in [0.5, 0.6) is 0 Å². The van der Waals surface area contributed by atoms with Crippen LogP contribution in [0, 0.1) is 19.7 Å². The number of anilines is 1. The van der Waals surface area contributed by atoms with E-state index in [-0.39, 0.29) is 43.6 Å². The summed E-state index contributed by atoms with van der Waals surface area (Å²) in [4.78, 5) is 33.2. The lowest BCUT2D eigenvalue weighted by Gasteiger charge is -2.31. The Labute approximate surface area is 287 Å². The van der Waals surface area contributed by atoms with Crippen molar-refractivity contribution >= 4 is 35.0 Å². The van der Waals surface area contributed by atoms with Gasteiger partial charge in [-0.3, -0.25) is 9.59 Å². The maximum Gasteiger partial charge on any atom is 0.253 e. The summed E-state index contributed by atoms with van der Waals surface area (Å²) in [6.45, 7) is 4.52. The molecular formula is C39H35F3N4O2S. The Balaban J connectivity index is 1.25. The fourth-order valence-corrected chi connectivity index (χ4v) is 7.10. The van der Waals surface area contributed by atoms with Crippen molar-refractivity contribution in [2.75, 3.05) is 18.8 Å². The molecule has 1 aliphatic rings. The van der Waals surface area contributed by atoms with Crippen LogP contribution in [0.2, 0.25) is 0 Å². The molecule has 0 spiro atoms. The van der Waals surface area contributed by atoms with Gasteiger partial charge in [0.25, 0.3) is 11.8 Å². The van der Waals surface area contributed by atoms with Crippen molar-refractivity contribution in [3.05, 3.63) is 124 Å². The van der Waals surface area contributed by atoms with Crippen LogP contribution in [0.25, 0.3) is 38.8 Å². The first-order valence-corrected chi connectivity index (χ1v) is 16.7. The number of rotatable bonds is 8. The van der Waals surface area contributed by atoms with Gasteiger partial charge in [0.1, 0.15) is 11.6 Å². The van der Waals surface area contributed by atoms with Crippen LogP contribution >= 0.6 is 11.3 Å². The highest BCUT2D eigenvalue weighted by atomic mass is 32.1. The third-order valence-electron chi connectivity index (χ3n) is 8.87. The van der Waals surface area contributed by atoms with Crippen molar-refractivity contribution in [2.45, 2.75) is 39.2 Å². The van der Waals surface area contributed by atoms with Gasteiger partial charge in [-0.2, -0.15) is 0 Å². The Hall–Kier alpha value is -5.22. The van der Waals surface area contributed by atoms with Crippen LogP contribution in [-0.4, -0.2) is 40.7 Å². The monoisotopic (exact) mass is 680 g/mol. The van der Waals surface area contributed by atoms with E-state index in [1.807, 2.05) is 31.2 Å². The number of nitrogens with two attached hydrogens (primary N) is 1. The number of nitrogen functional groups attached to an aromatic ring is 1. The van der Waals surface area contributed by atoms with Gasteiger partial charge >= 0.3 is 0 Å². The van der Waals surface area contributed by atoms with Gasteiger partial charge in [-0.15, -0.1) is 11.3 Å². The van der Waals surface area contributed by atoms with Gasteiger partial charge in [0.2, 0.25) is 5.91 Å². The number of amides is 2. The Bertz CT molecular complexity index is 2010. The predicted molar refractivity (Wildman–Crippen MR) is 190 cm³/mol. The molecule has 0 saturated carbocycles. The third kappa shape index (κ3) is 7.76. The molecule has 6 nitrogen and oxygen atoms in total. The van der Waals surface area contributed by atoms with E-state index in [4.69, 9.17) is 5.73 Å².